The van der Waals surface area contributed by atoms with E-state index in [1.807, 2.05) is 45.0 Å². The van der Waals surface area contributed by atoms with Gasteiger partial charge in [-0.1, -0.05) is 48.8 Å². The summed E-state index contributed by atoms with van der Waals surface area (Å²) in [5.74, 6) is 1.53. The summed E-state index contributed by atoms with van der Waals surface area (Å²) in [6, 6.07) is 7.79. The number of amides is 1. The predicted octanol–water partition coefficient (Wildman–Crippen LogP) is 4.51. The van der Waals surface area contributed by atoms with Crippen LogP contribution in [0.4, 0.5) is 0 Å². The molecule has 1 fully saturated rings. The predicted molar refractivity (Wildman–Crippen MR) is 104 cm³/mol. The minimum Gasteiger partial charge on any atom is -0.339 e. The number of nitrogens with one attached hydrogen (secondary N) is 1. The summed E-state index contributed by atoms with van der Waals surface area (Å²) in [5, 5.41) is 9.68. The molecule has 6 nitrogen and oxygen atoms in total. The Morgan fingerprint density at radius 2 is 1.96 bits per heavy atom. The van der Waals surface area contributed by atoms with Gasteiger partial charge in [0.15, 0.2) is 5.82 Å². The highest BCUT2D eigenvalue weighted by Gasteiger charge is 2.32. The van der Waals surface area contributed by atoms with Gasteiger partial charge in [-0.25, -0.2) is 4.98 Å². The average molecular weight is 382 g/mol. The Kier molecular flexibility index (Phi) is 4.78. The molecule has 0 spiro atoms. The molecule has 1 unspecified atom stereocenters. The van der Waals surface area contributed by atoms with Crippen molar-refractivity contribution in [1.29, 1.82) is 0 Å². The highest BCUT2D eigenvalue weighted by Crippen LogP contribution is 2.38. The fraction of sp³-hybridized carbons (Fsp3) is 0.400. The molecule has 1 aliphatic carbocycles. The molecule has 1 amide bonds. The van der Waals surface area contributed by atoms with Gasteiger partial charge in [-0.15, -0.1) is 11.3 Å². The second kappa shape index (κ2) is 7.23. The van der Waals surface area contributed by atoms with Gasteiger partial charge >= 0.3 is 0 Å². The standard InChI is InChI=1S/C20H22N4O2S/c1-11(2)16(19-23-17(24-26-19)13-8-9-13)22-18(25)15-10-27-20(21-15)14-6-4-12(3)5-7-14/h4-7,10-11,13,16H,8-9H2,1-3H3,(H,22,25). The van der Waals surface area contributed by atoms with E-state index in [4.69, 9.17) is 4.52 Å². The third-order valence-electron chi connectivity index (χ3n) is 4.65. The van der Waals surface area contributed by atoms with Gasteiger partial charge in [0.1, 0.15) is 16.7 Å². The first kappa shape index (κ1) is 17.9. The molecule has 0 aliphatic heterocycles. The van der Waals surface area contributed by atoms with Gasteiger partial charge < -0.3 is 9.84 Å². The van der Waals surface area contributed by atoms with Gasteiger partial charge in [-0.3, -0.25) is 4.79 Å². The molecule has 4 rings (SSSR count). The number of thiazole rings is 1. The van der Waals surface area contributed by atoms with Crippen LogP contribution in [0.2, 0.25) is 0 Å². The molecule has 27 heavy (non-hydrogen) atoms. The summed E-state index contributed by atoms with van der Waals surface area (Å²) in [5.41, 5.74) is 2.61. The van der Waals surface area contributed by atoms with Crippen LogP contribution >= 0.6 is 11.3 Å². The van der Waals surface area contributed by atoms with Gasteiger partial charge in [0.2, 0.25) is 5.89 Å². The summed E-state index contributed by atoms with van der Waals surface area (Å²) in [6.07, 6.45) is 2.22. The summed E-state index contributed by atoms with van der Waals surface area (Å²) in [4.78, 5) is 21.7. The quantitative estimate of drug-likeness (QED) is 0.678. The van der Waals surface area contributed by atoms with E-state index in [1.165, 1.54) is 16.9 Å². The Morgan fingerprint density at radius 1 is 1.22 bits per heavy atom. The molecule has 1 aliphatic rings. The number of aromatic nitrogens is 3. The van der Waals surface area contributed by atoms with Crippen LogP contribution in [-0.4, -0.2) is 21.0 Å². The van der Waals surface area contributed by atoms with Crippen molar-refractivity contribution in [2.75, 3.05) is 0 Å². The third-order valence-corrected chi connectivity index (χ3v) is 5.55. The van der Waals surface area contributed by atoms with Gasteiger partial charge in [0.25, 0.3) is 5.91 Å². The van der Waals surface area contributed by atoms with Crippen LogP contribution < -0.4 is 5.32 Å². The maximum Gasteiger partial charge on any atom is 0.271 e. The Hall–Kier alpha value is -2.54. The summed E-state index contributed by atoms with van der Waals surface area (Å²) in [7, 11) is 0. The van der Waals surface area contributed by atoms with Crippen molar-refractivity contribution >= 4 is 17.2 Å². The second-order valence-electron chi connectivity index (χ2n) is 7.36. The largest absolute Gasteiger partial charge is 0.339 e. The van der Waals surface area contributed by atoms with Crippen molar-refractivity contribution in [2.45, 2.75) is 45.6 Å². The molecule has 1 saturated carbocycles. The van der Waals surface area contributed by atoms with Crippen molar-refractivity contribution in [1.82, 2.24) is 20.4 Å². The highest BCUT2D eigenvalue weighted by atomic mass is 32.1. The normalized spacial score (nSPS) is 15.1. The Bertz CT molecular complexity index is 941. The van der Waals surface area contributed by atoms with Crippen LogP contribution in [0.1, 0.15) is 66.4 Å². The van der Waals surface area contributed by atoms with Crippen molar-refractivity contribution < 1.29 is 9.32 Å². The lowest BCUT2D eigenvalue weighted by Gasteiger charge is -2.17. The molecular formula is C20H22N4O2S. The van der Waals surface area contributed by atoms with E-state index in [2.05, 4.69) is 20.4 Å². The maximum absolute atomic E-state index is 12.7. The lowest BCUT2D eigenvalue weighted by Crippen LogP contribution is -2.32. The van der Waals surface area contributed by atoms with Crippen LogP contribution in [-0.2, 0) is 0 Å². The van der Waals surface area contributed by atoms with E-state index in [0.717, 1.165) is 29.2 Å². The van der Waals surface area contributed by atoms with E-state index in [1.54, 1.807) is 5.38 Å². The first-order valence-electron chi connectivity index (χ1n) is 9.18. The number of nitrogens with zero attached hydrogens (tertiary/aromatic N) is 3. The fourth-order valence-electron chi connectivity index (χ4n) is 2.82. The minimum atomic E-state index is -0.331. The van der Waals surface area contributed by atoms with Gasteiger partial charge in [0.05, 0.1) is 0 Å². The molecule has 0 bridgehead atoms. The Morgan fingerprint density at radius 3 is 2.63 bits per heavy atom. The monoisotopic (exact) mass is 382 g/mol. The number of carbonyl (C=O) groups is 1. The minimum absolute atomic E-state index is 0.122. The van der Waals surface area contributed by atoms with Crippen molar-refractivity contribution in [3.8, 4) is 10.6 Å². The van der Waals surface area contributed by atoms with Crippen molar-refractivity contribution in [3.63, 3.8) is 0 Å². The van der Waals surface area contributed by atoms with E-state index < -0.39 is 0 Å². The zero-order valence-corrected chi connectivity index (χ0v) is 16.4. The molecule has 1 atom stereocenters. The van der Waals surface area contributed by atoms with E-state index >= 15 is 0 Å². The molecule has 140 valence electrons. The lowest BCUT2D eigenvalue weighted by molar-refractivity contribution is 0.0909. The number of benzene rings is 1. The number of hydrogen-bond acceptors (Lipinski definition) is 6. The van der Waals surface area contributed by atoms with Gasteiger partial charge in [0, 0.05) is 16.9 Å². The molecule has 7 heteroatoms. The summed E-state index contributed by atoms with van der Waals surface area (Å²) < 4.78 is 5.42. The first-order chi connectivity index (χ1) is 13.0. The average Bonchev–Trinajstić information content (AvgIpc) is 3.18. The highest BCUT2D eigenvalue weighted by molar-refractivity contribution is 7.13. The fourth-order valence-corrected chi connectivity index (χ4v) is 3.62. The van der Waals surface area contributed by atoms with Gasteiger partial charge in [-0.05, 0) is 25.7 Å². The Balaban J connectivity index is 1.50. The molecule has 0 saturated heterocycles. The van der Waals surface area contributed by atoms with Crippen LogP contribution in [0.25, 0.3) is 10.6 Å². The van der Waals surface area contributed by atoms with Crippen LogP contribution in [0, 0.1) is 12.8 Å². The van der Waals surface area contributed by atoms with Crippen LogP contribution in [0.3, 0.4) is 0 Å². The number of aryl methyl sites for hydroxylation is 1. The zero-order valence-electron chi connectivity index (χ0n) is 15.6. The topological polar surface area (TPSA) is 80.9 Å². The van der Waals surface area contributed by atoms with Crippen molar-refractivity contribution in [3.05, 3.63) is 52.6 Å². The molecule has 0 radical (unpaired) electrons. The van der Waals surface area contributed by atoms with Crippen LogP contribution in [0.5, 0.6) is 0 Å². The number of rotatable bonds is 6. The first-order valence-corrected chi connectivity index (χ1v) is 10.1. The SMILES string of the molecule is Cc1ccc(-c2nc(C(=O)NC(c3nc(C4CC4)no3)C(C)C)cs2)cc1. The lowest BCUT2D eigenvalue weighted by atomic mass is 10.0. The van der Waals surface area contributed by atoms with E-state index in [-0.39, 0.29) is 17.9 Å². The zero-order chi connectivity index (χ0) is 19.0. The number of carbonyl (C=O) groups excluding carboxylic acids is 1. The summed E-state index contributed by atoms with van der Waals surface area (Å²) >= 11 is 1.46. The molecule has 2 heterocycles. The molecule has 3 aromatic rings. The number of hydrogen-bond donors (Lipinski definition) is 1. The molecule has 1 aromatic carbocycles. The summed E-state index contributed by atoms with van der Waals surface area (Å²) in [6.45, 7) is 6.08. The molecule has 2 aromatic heterocycles. The van der Waals surface area contributed by atoms with Crippen LogP contribution in [0.15, 0.2) is 34.2 Å². The smallest absolute Gasteiger partial charge is 0.271 e. The second-order valence-corrected chi connectivity index (χ2v) is 8.22. The Labute approximate surface area is 162 Å². The third kappa shape index (κ3) is 3.93. The maximum atomic E-state index is 12.7. The molecular weight excluding hydrogens is 360 g/mol. The van der Waals surface area contributed by atoms with Gasteiger partial charge in [-0.2, -0.15) is 4.98 Å². The van der Waals surface area contributed by atoms with E-state index in [0.29, 0.717) is 17.5 Å². The van der Waals surface area contributed by atoms with Crippen molar-refractivity contribution in [2.24, 2.45) is 5.92 Å². The molecule has 1 N–H and O–H groups in total. The van der Waals surface area contributed by atoms with E-state index in [9.17, 15) is 4.79 Å².